The van der Waals surface area contributed by atoms with Gasteiger partial charge < -0.3 is 15.4 Å². The maximum Gasteiger partial charge on any atom is 0.383 e. The summed E-state index contributed by atoms with van der Waals surface area (Å²) in [7, 11) is 1.49. The Morgan fingerprint density at radius 2 is 1.94 bits per heavy atom. The number of carbonyl (C=O) groups is 1. The lowest BCUT2D eigenvalue weighted by molar-refractivity contribution is -0.169. The van der Waals surface area contributed by atoms with Crippen LogP contribution in [0.4, 0.5) is 17.6 Å². The molecule has 0 rings (SSSR count). The molecule has 1 amide bonds. The third-order valence-corrected chi connectivity index (χ3v) is 1.65. The Kier molecular flexibility index (Phi) is 6.98. The van der Waals surface area contributed by atoms with E-state index in [1.807, 2.05) is 0 Å². The highest BCUT2D eigenvalue weighted by molar-refractivity contribution is 5.83. The van der Waals surface area contributed by atoms with Crippen molar-refractivity contribution in [2.75, 3.05) is 33.4 Å². The van der Waals surface area contributed by atoms with Crippen LogP contribution in [0, 0.1) is 0 Å². The summed E-state index contributed by atoms with van der Waals surface area (Å²) < 4.78 is 52.8. The number of alkyl halides is 4. The summed E-state index contributed by atoms with van der Waals surface area (Å²) >= 11 is 0. The van der Waals surface area contributed by atoms with E-state index in [2.05, 4.69) is 10.1 Å². The van der Waals surface area contributed by atoms with Gasteiger partial charge in [-0.05, 0) is 0 Å². The molecule has 0 aromatic rings. The molecule has 8 heteroatoms. The number of ether oxygens (including phenoxy) is 1. The molecule has 0 aliphatic rings. The van der Waals surface area contributed by atoms with Crippen molar-refractivity contribution in [1.29, 1.82) is 0 Å². The Balaban J connectivity index is 3.66. The average Bonchev–Trinajstić information content (AvgIpc) is 2.22. The van der Waals surface area contributed by atoms with Crippen LogP contribution >= 0.6 is 0 Å². The smallest absolute Gasteiger partial charge is 0.383 e. The summed E-state index contributed by atoms with van der Waals surface area (Å²) in [5.41, 5.74) is 0. The van der Waals surface area contributed by atoms with Gasteiger partial charge in [0.05, 0.1) is 6.61 Å². The molecule has 0 aliphatic heterocycles. The zero-order chi connectivity index (χ0) is 12.6. The van der Waals surface area contributed by atoms with Crippen molar-refractivity contribution in [1.82, 2.24) is 10.6 Å². The number of methoxy groups -OCH3 is 1. The fourth-order valence-electron chi connectivity index (χ4n) is 0.781. The van der Waals surface area contributed by atoms with E-state index >= 15 is 0 Å². The minimum absolute atomic E-state index is 0.148. The van der Waals surface area contributed by atoms with Crippen molar-refractivity contribution in [3.05, 3.63) is 0 Å². The molecule has 0 heterocycles. The van der Waals surface area contributed by atoms with Gasteiger partial charge in [-0.1, -0.05) is 0 Å². The Morgan fingerprint density at radius 1 is 1.31 bits per heavy atom. The van der Waals surface area contributed by atoms with Crippen LogP contribution in [0.2, 0.25) is 0 Å². The van der Waals surface area contributed by atoms with Crippen molar-refractivity contribution in [2.45, 2.75) is 12.3 Å². The molecule has 0 saturated carbocycles. The van der Waals surface area contributed by atoms with Crippen LogP contribution in [0.15, 0.2) is 0 Å². The molecule has 96 valence electrons. The second kappa shape index (κ2) is 7.39. The van der Waals surface area contributed by atoms with Gasteiger partial charge in [-0.2, -0.15) is 8.78 Å². The first-order valence-corrected chi connectivity index (χ1v) is 4.56. The minimum atomic E-state index is -4.63. The van der Waals surface area contributed by atoms with Gasteiger partial charge in [-0.25, -0.2) is 8.78 Å². The molecule has 16 heavy (non-hydrogen) atoms. The van der Waals surface area contributed by atoms with Gasteiger partial charge in [0.2, 0.25) is 0 Å². The zero-order valence-corrected chi connectivity index (χ0v) is 8.73. The van der Waals surface area contributed by atoms with Crippen molar-refractivity contribution in [2.24, 2.45) is 0 Å². The number of nitrogens with one attached hydrogen (secondary N) is 2. The maximum atomic E-state index is 12.4. The fraction of sp³-hybridized carbons (Fsp3) is 0.875. The second-order valence-corrected chi connectivity index (χ2v) is 2.92. The van der Waals surface area contributed by atoms with Crippen molar-refractivity contribution >= 4 is 5.91 Å². The number of amides is 1. The molecule has 0 spiro atoms. The standard InChI is InChI=1S/C8H14F4N2O2/c1-16-5-4-13-2-3-14-7(15)8(11,12)6(9)10/h6,13H,2-5H2,1H3,(H,14,15). The lowest BCUT2D eigenvalue weighted by Crippen LogP contribution is -2.47. The summed E-state index contributed by atoms with van der Waals surface area (Å²) in [6.45, 7) is 0.970. The molecule has 2 N–H and O–H groups in total. The highest BCUT2D eigenvalue weighted by atomic mass is 19.3. The zero-order valence-electron chi connectivity index (χ0n) is 8.73. The normalized spacial score (nSPS) is 11.9. The van der Waals surface area contributed by atoms with E-state index in [0.717, 1.165) is 0 Å². The van der Waals surface area contributed by atoms with Crippen LogP contribution in [0.3, 0.4) is 0 Å². The Morgan fingerprint density at radius 3 is 2.44 bits per heavy atom. The predicted molar refractivity (Wildman–Crippen MR) is 48.7 cm³/mol. The summed E-state index contributed by atoms with van der Waals surface area (Å²) in [4.78, 5) is 10.6. The quantitative estimate of drug-likeness (QED) is 0.476. The van der Waals surface area contributed by atoms with E-state index in [9.17, 15) is 22.4 Å². The molecule has 0 aromatic heterocycles. The largest absolute Gasteiger partial charge is 0.383 e. The Labute approximate surface area is 90.3 Å². The van der Waals surface area contributed by atoms with Crippen LogP contribution in [0.25, 0.3) is 0 Å². The highest BCUT2D eigenvalue weighted by Crippen LogP contribution is 2.22. The number of rotatable bonds is 8. The second-order valence-electron chi connectivity index (χ2n) is 2.92. The van der Waals surface area contributed by atoms with Gasteiger partial charge in [0.15, 0.2) is 0 Å². The first-order chi connectivity index (χ1) is 7.42. The van der Waals surface area contributed by atoms with Crippen LogP contribution in [0.1, 0.15) is 0 Å². The topological polar surface area (TPSA) is 50.4 Å². The molecule has 0 fully saturated rings. The highest BCUT2D eigenvalue weighted by Gasteiger charge is 2.48. The number of hydrogen-bond donors (Lipinski definition) is 2. The van der Waals surface area contributed by atoms with E-state index in [0.29, 0.717) is 13.2 Å². The molecule has 0 bridgehead atoms. The molecular formula is C8H14F4N2O2. The number of hydrogen-bond acceptors (Lipinski definition) is 3. The van der Waals surface area contributed by atoms with Crippen LogP contribution < -0.4 is 10.6 Å². The molecule has 0 radical (unpaired) electrons. The SMILES string of the molecule is COCCNCCNC(=O)C(F)(F)C(F)F. The molecule has 0 atom stereocenters. The summed E-state index contributed by atoms with van der Waals surface area (Å²) in [6.07, 6.45) is -3.99. The van der Waals surface area contributed by atoms with E-state index < -0.39 is 18.3 Å². The first kappa shape index (κ1) is 15.1. The lowest BCUT2D eigenvalue weighted by atomic mass is 10.3. The molecule has 0 unspecified atom stereocenters. The van der Waals surface area contributed by atoms with Crippen molar-refractivity contribution in [3.8, 4) is 0 Å². The molecule has 0 aromatic carbocycles. The van der Waals surface area contributed by atoms with Gasteiger partial charge in [0, 0.05) is 26.7 Å². The fourth-order valence-corrected chi connectivity index (χ4v) is 0.781. The number of carbonyl (C=O) groups excluding carboxylic acids is 1. The van der Waals surface area contributed by atoms with Gasteiger partial charge >= 0.3 is 12.3 Å². The Bertz CT molecular complexity index is 214. The van der Waals surface area contributed by atoms with E-state index in [1.165, 1.54) is 7.11 Å². The van der Waals surface area contributed by atoms with Gasteiger partial charge in [0.1, 0.15) is 0 Å². The number of halogens is 4. The van der Waals surface area contributed by atoms with Crippen LogP contribution in [-0.2, 0) is 9.53 Å². The van der Waals surface area contributed by atoms with Gasteiger partial charge in [-0.15, -0.1) is 0 Å². The first-order valence-electron chi connectivity index (χ1n) is 4.56. The summed E-state index contributed by atoms with van der Waals surface area (Å²) in [6, 6.07) is 0. The summed E-state index contributed by atoms with van der Waals surface area (Å²) in [5, 5.41) is 4.46. The van der Waals surface area contributed by atoms with E-state index in [4.69, 9.17) is 0 Å². The summed E-state index contributed by atoms with van der Waals surface area (Å²) in [5.74, 6) is -6.59. The molecule has 0 saturated heterocycles. The maximum absolute atomic E-state index is 12.4. The monoisotopic (exact) mass is 246 g/mol. The van der Waals surface area contributed by atoms with Gasteiger partial charge in [-0.3, -0.25) is 4.79 Å². The van der Waals surface area contributed by atoms with E-state index in [-0.39, 0.29) is 13.1 Å². The average molecular weight is 246 g/mol. The van der Waals surface area contributed by atoms with Crippen molar-refractivity contribution in [3.63, 3.8) is 0 Å². The van der Waals surface area contributed by atoms with Crippen LogP contribution in [0.5, 0.6) is 0 Å². The predicted octanol–water partition coefficient (Wildman–Crippen LogP) is 0.239. The Hall–Kier alpha value is -0.890. The molecule has 4 nitrogen and oxygen atoms in total. The van der Waals surface area contributed by atoms with Crippen LogP contribution in [-0.4, -0.2) is 51.6 Å². The lowest BCUT2D eigenvalue weighted by Gasteiger charge is -2.14. The molecular weight excluding hydrogens is 232 g/mol. The van der Waals surface area contributed by atoms with Gasteiger partial charge in [0.25, 0.3) is 5.91 Å². The third kappa shape index (κ3) is 5.26. The van der Waals surface area contributed by atoms with Crippen molar-refractivity contribution < 1.29 is 27.1 Å². The van der Waals surface area contributed by atoms with E-state index in [1.54, 1.807) is 5.32 Å². The minimum Gasteiger partial charge on any atom is -0.383 e. The third-order valence-electron chi connectivity index (χ3n) is 1.65. The molecule has 0 aliphatic carbocycles.